The molecule has 0 unspecified atom stereocenters. The molecule has 124 valence electrons. The Kier molecular flexibility index (Phi) is 7.69. The van der Waals surface area contributed by atoms with E-state index in [0.29, 0.717) is 25.1 Å². The van der Waals surface area contributed by atoms with E-state index in [0.717, 1.165) is 31.4 Å². The summed E-state index contributed by atoms with van der Waals surface area (Å²) in [7, 11) is 0. The number of halogens is 1. The number of rotatable bonds is 5. The number of carbonyl (C=O) groups excluding carboxylic acids is 1. The maximum atomic E-state index is 11.9. The fourth-order valence-corrected chi connectivity index (χ4v) is 2.84. The van der Waals surface area contributed by atoms with Crippen LogP contribution in [0.5, 0.6) is 5.75 Å². The van der Waals surface area contributed by atoms with E-state index in [1.54, 1.807) is 0 Å². The summed E-state index contributed by atoms with van der Waals surface area (Å²) in [6.07, 6.45) is 4.39. The quantitative estimate of drug-likeness (QED) is 0.874. The van der Waals surface area contributed by atoms with E-state index >= 15 is 0 Å². The second kappa shape index (κ2) is 9.01. The predicted octanol–water partition coefficient (Wildman–Crippen LogP) is 2.88. The first-order valence-corrected chi connectivity index (χ1v) is 7.79. The molecule has 1 aliphatic carbocycles. The third-order valence-corrected chi connectivity index (χ3v) is 3.93. The second-order valence-corrected chi connectivity index (χ2v) is 6.10. The van der Waals surface area contributed by atoms with Gasteiger partial charge in [0.25, 0.3) is 0 Å². The van der Waals surface area contributed by atoms with Crippen molar-refractivity contribution in [1.82, 2.24) is 5.32 Å². The van der Waals surface area contributed by atoms with E-state index in [2.05, 4.69) is 11.4 Å². The first-order valence-electron chi connectivity index (χ1n) is 7.79. The van der Waals surface area contributed by atoms with Crippen LogP contribution in [0.2, 0.25) is 0 Å². The molecule has 1 aromatic carbocycles. The van der Waals surface area contributed by atoms with Gasteiger partial charge in [-0.25, -0.2) is 0 Å². The van der Waals surface area contributed by atoms with Crippen LogP contribution in [0.25, 0.3) is 0 Å². The molecule has 1 saturated carbocycles. The zero-order valence-corrected chi connectivity index (χ0v) is 14.2. The molecule has 3 N–H and O–H groups in total. The molecule has 0 atom stereocenters. The van der Waals surface area contributed by atoms with Gasteiger partial charge >= 0.3 is 0 Å². The number of ether oxygens (including phenoxy) is 1. The summed E-state index contributed by atoms with van der Waals surface area (Å²) < 4.78 is 5.66. The summed E-state index contributed by atoms with van der Waals surface area (Å²) in [6, 6.07) is 6.69. The number of benzene rings is 1. The molecule has 2 rings (SSSR count). The summed E-state index contributed by atoms with van der Waals surface area (Å²) >= 11 is 0. The zero-order valence-electron chi connectivity index (χ0n) is 13.4. The summed E-state index contributed by atoms with van der Waals surface area (Å²) in [5.41, 5.74) is 8.21. The SMILES string of the molecule is Cc1cc(C)cc(OCCC(=O)NC2CCC(N)CC2)c1.Cl. The molecule has 0 aromatic heterocycles. The monoisotopic (exact) mass is 326 g/mol. The Labute approximate surface area is 139 Å². The molecule has 1 aliphatic rings. The van der Waals surface area contributed by atoms with Gasteiger partial charge in [-0.2, -0.15) is 0 Å². The highest BCUT2D eigenvalue weighted by atomic mass is 35.5. The summed E-state index contributed by atoms with van der Waals surface area (Å²) in [5.74, 6) is 0.906. The number of nitrogens with one attached hydrogen (secondary N) is 1. The minimum Gasteiger partial charge on any atom is -0.493 e. The molecule has 0 bridgehead atoms. The van der Waals surface area contributed by atoms with Crippen LogP contribution in [-0.2, 0) is 4.79 Å². The Hall–Kier alpha value is -1.26. The number of aryl methyl sites for hydroxylation is 2. The van der Waals surface area contributed by atoms with Gasteiger partial charge in [-0.15, -0.1) is 12.4 Å². The fourth-order valence-electron chi connectivity index (χ4n) is 2.84. The zero-order chi connectivity index (χ0) is 15.2. The number of carbonyl (C=O) groups is 1. The molecule has 0 aliphatic heterocycles. The molecular formula is C17H27ClN2O2. The second-order valence-electron chi connectivity index (χ2n) is 6.10. The van der Waals surface area contributed by atoms with Crippen molar-refractivity contribution in [2.45, 2.75) is 58.0 Å². The minimum atomic E-state index is 0. The van der Waals surface area contributed by atoms with Gasteiger partial charge in [0, 0.05) is 12.1 Å². The van der Waals surface area contributed by atoms with Crippen molar-refractivity contribution in [3.8, 4) is 5.75 Å². The van der Waals surface area contributed by atoms with Gasteiger partial charge in [0.2, 0.25) is 5.91 Å². The molecule has 0 heterocycles. The Balaban J connectivity index is 0.00000242. The van der Waals surface area contributed by atoms with Crippen LogP contribution >= 0.6 is 12.4 Å². The highest BCUT2D eigenvalue weighted by molar-refractivity contribution is 5.85. The molecule has 1 aromatic rings. The molecule has 0 spiro atoms. The van der Waals surface area contributed by atoms with Gasteiger partial charge in [-0.1, -0.05) is 6.07 Å². The highest BCUT2D eigenvalue weighted by Crippen LogP contribution is 2.18. The molecule has 1 amide bonds. The van der Waals surface area contributed by atoms with E-state index in [1.165, 1.54) is 11.1 Å². The maximum absolute atomic E-state index is 11.9. The third kappa shape index (κ3) is 6.24. The highest BCUT2D eigenvalue weighted by Gasteiger charge is 2.19. The first kappa shape index (κ1) is 18.8. The molecule has 4 nitrogen and oxygen atoms in total. The van der Waals surface area contributed by atoms with Crippen LogP contribution in [0, 0.1) is 13.8 Å². The van der Waals surface area contributed by atoms with Gasteiger partial charge in [-0.3, -0.25) is 4.79 Å². The Bertz CT molecular complexity index is 465. The van der Waals surface area contributed by atoms with Crippen LogP contribution in [0.15, 0.2) is 18.2 Å². The van der Waals surface area contributed by atoms with Crippen LogP contribution in [0.3, 0.4) is 0 Å². The van der Waals surface area contributed by atoms with Crippen LogP contribution in [0.1, 0.15) is 43.2 Å². The summed E-state index contributed by atoms with van der Waals surface area (Å²) in [4.78, 5) is 11.9. The lowest BCUT2D eigenvalue weighted by Gasteiger charge is -2.26. The van der Waals surface area contributed by atoms with Crippen molar-refractivity contribution >= 4 is 18.3 Å². The van der Waals surface area contributed by atoms with E-state index in [9.17, 15) is 4.79 Å². The first-order chi connectivity index (χ1) is 10.0. The number of nitrogens with two attached hydrogens (primary N) is 1. The van der Waals surface area contributed by atoms with Crippen molar-refractivity contribution in [3.63, 3.8) is 0 Å². The van der Waals surface area contributed by atoms with Crippen molar-refractivity contribution in [2.24, 2.45) is 5.73 Å². The summed E-state index contributed by atoms with van der Waals surface area (Å²) in [6.45, 7) is 4.50. The average molecular weight is 327 g/mol. The van der Waals surface area contributed by atoms with Gasteiger partial charge in [-0.05, 0) is 62.8 Å². The van der Waals surface area contributed by atoms with Gasteiger partial charge in [0.15, 0.2) is 0 Å². The normalized spacial score (nSPS) is 20.9. The molecule has 1 fully saturated rings. The van der Waals surface area contributed by atoms with Crippen LogP contribution < -0.4 is 15.8 Å². The minimum absolute atomic E-state index is 0. The predicted molar refractivity (Wildman–Crippen MR) is 91.7 cm³/mol. The lowest BCUT2D eigenvalue weighted by atomic mass is 9.92. The lowest BCUT2D eigenvalue weighted by Crippen LogP contribution is -2.40. The van der Waals surface area contributed by atoms with E-state index < -0.39 is 0 Å². The van der Waals surface area contributed by atoms with E-state index in [4.69, 9.17) is 10.5 Å². The van der Waals surface area contributed by atoms with Gasteiger partial charge < -0.3 is 15.8 Å². The van der Waals surface area contributed by atoms with Crippen LogP contribution in [0.4, 0.5) is 0 Å². The smallest absolute Gasteiger partial charge is 0.223 e. The average Bonchev–Trinajstić information content (AvgIpc) is 2.40. The molecular weight excluding hydrogens is 300 g/mol. The molecule has 22 heavy (non-hydrogen) atoms. The van der Waals surface area contributed by atoms with Gasteiger partial charge in [0.1, 0.15) is 5.75 Å². The van der Waals surface area contributed by atoms with Crippen molar-refractivity contribution in [3.05, 3.63) is 29.3 Å². The molecule has 5 heteroatoms. The third-order valence-electron chi connectivity index (χ3n) is 3.93. The van der Waals surface area contributed by atoms with Crippen LogP contribution in [-0.4, -0.2) is 24.6 Å². The number of hydrogen-bond donors (Lipinski definition) is 2. The van der Waals surface area contributed by atoms with Gasteiger partial charge in [0.05, 0.1) is 13.0 Å². The largest absolute Gasteiger partial charge is 0.493 e. The van der Waals surface area contributed by atoms with E-state index in [-0.39, 0.29) is 18.3 Å². The Morgan fingerprint density at radius 2 is 1.77 bits per heavy atom. The van der Waals surface area contributed by atoms with E-state index in [1.807, 2.05) is 26.0 Å². The maximum Gasteiger partial charge on any atom is 0.223 e. The molecule has 0 radical (unpaired) electrons. The molecule has 0 saturated heterocycles. The van der Waals surface area contributed by atoms with Crippen molar-refractivity contribution < 1.29 is 9.53 Å². The van der Waals surface area contributed by atoms with Crippen molar-refractivity contribution in [2.75, 3.05) is 6.61 Å². The Morgan fingerprint density at radius 3 is 2.36 bits per heavy atom. The van der Waals surface area contributed by atoms with Crippen molar-refractivity contribution in [1.29, 1.82) is 0 Å². The number of amides is 1. The fraction of sp³-hybridized carbons (Fsp3) is 0.588. The summed E-state index contributed by atoms with van der Waals surface area (Å²) in [5, 5.41) is 3.07. The Morgan fingerprint density at radius 1 is 1.18 bits per heavy atom. The number of hydrogen-bond acceptors (Lipinski definition) is 3. The standard InChI is InChI=1S/C17H26N2O2.ClH/c1-12-9-13(2)11-16(10-12)21-8-7-17(20)19-15-5-3-14(18)4-6-15;/h9-11,14-15H,3-8,18H2,1-2H3,(H,19,20);1H. The lowest BCUT2D eigenvalue weighted by molar-refractivity contribution is -0.122. The topological polar surface area (TPSA) is 64.3 Å².